The Morgan fingerprint density at radius 1 is 0.441 bits per heavy atom. The summed E-state index contributed by atoms with van der Waals surface area (Å²) < 4.78 is 6.23. The number of hydrogen-bond donors (Lipinski definition) is 0. The predicted molar refractivity (Wildman–Crippen MR) is 249 cm³/mol. The lowest BCUT2D eigenvalue weighted by Gasteiger charge is -2.28. The van der Waals surface area contributed by atoms with Crippen LogP contribution in [-0.4, -0.2) is 0 Å². The molecule has 12 rings (SSSR count). The van der Waals surface area contributed by atoms with Crippen molar-refractivity contribution in [2.75, 3.05) is 4.90 Å². The summed E-state index contributed by atoms with van der Waals surface area (Å²) in [5.41, 5.74) is 15.6. The Hall–Kier alpha value is -7.16. The van der Waals surface area contributed by atoms with Gasteiger partial charge >= 0.3 is 0 Å². The van der Waals surface area contributed by atoms with E-state index in [4.69, 9.17) is 4.42 Å². The van der Waals surface area contributed by atoms with E-state index in [0.29, 0.717) is 0 Å². The van der Waals surface area contributed by atoms with Gasteiger partial charge in [-0.2, -0.15) is 0 Å². The van der Waals surface area contributed by atoms with Gasteiger partial charge in [-0.15, -0.1) is 0 Å². The van der Waals surface area contributed by atoms with Gasteiger partial charge in [0.2, 0.25) is 0 Å². The highest BCUT2D eigenvalue weighted by molar-refractivity contribution is 6.25. The first-order valence-corrected chi connectivity index (χ1v) is 20.8. The van der Waals surface area contributed by atoms with Crippen LogP contribution in [0.25, 0.3) is 82.7 Å². The maximum atomic E-state index is 6.23. The van der Waals surface area contributed by atoms with Crippen LogP contribution in [0.4, 0.5) is 17.1 Å². The Morgan fingerprint density at radius 3 is 1.64 bits per heavy atom. The highest BCUT2D eigenvalue weighted by atomic mass is 16.3. The summed E-state index contributed by atoms with van der Waals surface area (Å²) in [5, 5.41) is 8.94. The van der Waals surface area contributed by atoms with E-state index in [2.05, 4.69) is 207 Å². The molecule has 0 radical (unpaired) electrons. The van der Waals surface area contributed by atoms with Gasteiger partial charge in [-0.05, 0) is 138 Å². The summed E-state index contributed by atoms with van der Waals surface area (Å²) in [5.74, 6) is 1.10. The van der Waals surface area contributed by atoms with Crippen LogP contribution in [-0.2, 0) is 11.8 Å². The molecule has 1 heterocycles. The molecule has 1 aromatic heterocycles. The summed E-state index contributed by atoms with van der Waals surface area (Å²) in [4.78, 5) is 2.41. The lowest BCUT2D eigenvalue weighted by molar-refractivity contribution is 0.546. The fourth-order valence-corrected chi connectivity index (χ4v) is 10.1. The summed E-state index contributed by atoms with van der Waals surface area (Å²) in [6.07, 6.45) is 6.47. The molecule has 2 aliphatic rings. The number of benzene rings is 9. The average Bonchev–Trinajstić information content (AvgIpc) is 3.78. The molecule has 0 unspecified atom stereocenters. The van der Waals surface area contributed by atoms with Crippen molar-refractivity contribution in [3.8, 4) is 33.4 Å². The van der Waals surface area contributed by atoms with E-state index in [1.165, 1.54) is 87.8 Å². The number of anilines is 3. The van der Waals surface area contributed by atoms with Crippen molar-refractivity contribution in [1.82, 2.24) is 0 Å². The highest BCUT2D eigenvalue weighted by Gasteiger charge is 2.35. The van der Waals surface area contributed by atoms with Crippen LogP contribution >= 0.6 is 0 Å². The van der Waals surface area contributed by atoms with Crippen LogP contribution < -0.4 is 4.90 Å². The minimum absolute atomic E-state index is 0.104. The standard InChI is InChI=1S/C57H41NO/c1-57(2)53-17-9-7-15-48(53)49-31-29-42(35-54(49)57)58(41-27-21-37(22-28-41)39-24-32-56-52(34-39)50-16-8-10-18-55(50)59-56)40-25-19-36(20-26-40)38-23-30-47-45-13-4-3-11-43(45)44-12-5-6-14-46(44)51(47)33-38/h3-9,11-17,19-35H,10,18H2,1-2H3. The van der Waals surface area contributed by atoms with Crippen LogP contribution in [0.15, 0.2) is 186 Å². The minimum Gasteiger partial charge on any atom is -0.460 e. The van der Waals surface area contributed by atoms with Crippen molar-refractivity contribution in [1.29, 1.82) is 0 Å². The summed E-state index contributed by atoms with van der Waals surface area (Å²) in [6.45, 7) is 4.71. The fourth-order valence-electron chi connectivity index (χ4n) is 10.1. The van der Waals surface area contributed by atoms with Gasteiger partial charge in [0, 0.05) is 39.8 Å². The van der Waals surface area contributed by atoms with Crippen LogP contribution in [0.3, 0.4) is 0 Å². The molecular formula is C57H41NO. The number of rotatable bonds is 5. The van der Waals surface area contributed by atoms with Gasteiger partial charge in [-0.25, -0.2) is 0 Å². The Balaban J connectivity index is 0.959. The zero-order chi connectivity index (χ0) is 39.2. The van der Waals surface area contributed by atoms with E-state index < -0.39 is 0 Å². The SMILES string of the molecule is CC1(C)c2ccccc2-c2ccc(N(c3ccc(-c4ccc5oc6c(c5c4)C=CCC6)cc3)c3ccc(-c4ccc5c6ccccc6c6ccccc6c5c4)cc3)cc21. The molecule has 0 atom stereocenters. The van der Waals surface area contributed by atoms with Gasteiger partial charge in [0.1, 0.15) is 11.3 Å². The van der Waals surface area contributed by atoms with Crippen LogP contribution in [0.1, 0.15) is 42.7 Å². The molecule has 280 valence electrons. The van der Waals surface area contributed by atoms with Crippen molar-refractivity contribution in [2.45, 2.75) is 32.1 Å². The van der Waals surface area contributed by atoms with Gasteiger partial charge in [-0.1, -0.05) is 147 Å². The average molecular weight is 756 g/mol. The number of hydrogen-bond acceptors (Lipinski definition) is 2. The Bertz CT molecular complexity index is 3310. The second-order valence-corrected chi connectivity index (χ2v) is 16.8. The topological polar surface area (TPSA) is 16.4 Å². The van der Waals surface area contributed by atoms with Gasteiger partial charge in [-0.3, -0.25) is 0 Å². The van der Waals surface area contributed by atoms with E-state index in [9.17, 15) is 0 Å². The molecule has 2 heteroatoms. The molecule has 9 aromatic carbocycles. The number of furan rings is 1. The van der Waals surface area contributed by atoms with Crippen LogP contribution in [0.2, 0.25) is 0 Å². The molecule has 0 saturated heterocycles. The molecule has 0 fully saturated rings. The van der Waals surface area contributed by atoms with Crippen molar-refractivity contribution in [3.63, 3.8) is 0 Å². The van der Waals surface area contributed by atoms with Gasteiger partial charge in [0.15, 0.2) is 0 Å². The number of aryl methyl sites for hydroxylation is 1. The van der Waals surface area contributed by atoms with Crippen LogP contribution in [0, 0.1) is 0 Å². The monoisotopic (exact) mass is 755 g/mol. The molecule has 0 N–H and O–H groups in total. The first kappa shape index (κ1) is 33.9. The first-order valence-electron chi connectivity index (χ1n) is 20.8. The maximum Gasteiger partial charge on any atom is 0.134 e. The van der Waals surface area contributed by atoms with Crippen molar-refractivity contribution in [2.24, 2.45) is 0 Å². The van der Waals surface area contributed by atoms with Crippen molar-refractivity contribution >= 4 is 66.4 Å². The van der Waals surface area contributed by atoms with E-state index in [0.717, 1.165) is 41.2 Å². The zero-order valence-corrected chi connectivity index (χ0v) is 33.2. The maximum absolute atomic E-state index is 6.23. The number of allylic oxidation sites excluding steroid dienone is 1. The molecule has 0 bridgehead atoms. The lowest BCUT2D eigenvalue weighted by atomic mass is 9.82. The number of fused-ring (bicyclic) bond motifs is 12. The quantitative estimate of drug-likeness (QED) is 0.163. The largest absolute Gasteiger partial charge is 0.460 e. The van der Waals surface area contributed by atoms with Gasteiger partial charge < -0.3 is 9.32 Å². The third-order valence-electron chi connectivity index (χ3n) is 13.1. The normalized spacial score (nSPS) is 13.9. The van der Waals surface area contributed by atoms with E-state index in [1.54, 1.807) is 0 Å². The zero-order valence-electron chi connectivity index (χ0n) is 33.2. The van der Waals surface area contributed by atoms with Gasteiger partial charge in [0.25, 0.3) is 0 Å². The fraction of sp³-hybridized carbons (Fsp3) is 0.0877. The highest BCUT2D eigenvalue weighted by Crippen LogP contribution is 2.51. The molecule has 59 heavy (non-hydrogen) atoms. The van der Waals surface area contributed by atoms with Crippen LogP contribution in [0.5, 0.6) is 0 Å². The Kier molecular flexibility index (Phi) is 7.43. The molecule has 0 spiro atoms. The second-order valence-electron chi connectivity index (χ2n) is 16.8. The summed E-state index contributed by atoms with van der Waals surface area (Å²) >= 11 is 0. The molecule has 10 aromatic rings. The predicted octanol–water partition coefficient (Wildman–Crippen LogP) is 16.0. The van der Waals surface area contributed by atoms with E-state index in [1.807, 2.05) is 0 Å². The minimum atomic E-state index is -0.104. The molecule has 2 nitrogen and oxygen atoms in total. The molecule has 2 aliphatic carbocycles. The summed E-state index contributed by atoms with van der Waals surface area (Å²) in [7, 11) is 0. The Morgan fingerprint density at radius 2 is 0.966 bits per heavy atom. The third kappa shape index (κ3) is 5.26. The van der Waals surface area contributed by atoms with Gasteiger partial charge in [0.05, 0.1) is 0 Å². The van der Waals surface area contributed by atoms with E-state index in [-0.39, 0.29) is 5.41 Å². The van der Waals surface area contributed by atoms with Crippen molar-refractivity contribution < 1.29 is 4.42 Å². The smallest absolute Gasteiger partial charge is 0.134 e. The van der Waals surface area contributed by atoms with E-state index >= 15 is 0 Å². The number of nitrogens with zero attached hydrogens (tertiary/aromatic N) is 1. The second kappa shape index (κ2) is 12.9. The molecule has 0 saturated carbocycles. The van der Waals surface area contributed by atoms with Crippen molar-refractivity contribution in [3.05, 3.63) is 204 Å². The Labute approximate surface area is 344 Å². The first-order chi connectivity index (χ1) is 29.0. The summed E-state index contributed by atoms with van der Waals surface area (Å²) in [6, 6.07) is 65.2. The third-order valence-corrected chi connectivity index (χ3v) is 13.1. The molecule has 0 amide bonds. The lowest BCUT2D eigenvalue weighted by Crippen LogP contribution is -2.16. The molecule has 0 aliphatic heterocycles. The molecular weight excluding hydrogens is 715 g/mol.